The summed E-state index contributed by atoms with van der Waals surface area (Å²) in [6.07, 6.45) is 4.41. The maximum atomic E-state index is 4.68. The molecule has 0 aromatic carbocycles. The van der Waals surface area contributed by atoms with Gasteiger partial charge in [0.1, 0.15) is 11.6 Å². The highest BCUT2D eigenvalue weighted by Crippen LogP contribution is 2.21. The van der Waals surface area contributed by atoms with Crippen LogP contribution < -0.4 is 5.32 Å². The first-order chi connectivity index (χ1) is 8.99. The largest absolute Gasteiger partial charge is 0.373 e. The predicted molar refractivity (Wildman–Crippen MR) is 77.3 cm³/mol. The average molecular weight is 256 g/mol. The van der Waals surface area contributed by atoms with Crippen molar-refractivity contribution in [3.05, 3.63) is 47.7 Å². The monoisotopic (exact) mass is 256 g/mol. The van der Waals surface area contributed by atoms with Crippen LogP contribution in [-0.4, -0.2) is 22.0 Å². The van der Waals surface area contributed by atoms with Gasteiger partial charge in [0.2, 0.25) is 0 Å². The van der Waals surface area contributed by atoms with Crippen molar-refractivity contribution >= 4 is 5.82 Å². The molecule has 0 bridgehead atoms. The zero-order chi connectivity index (χ0) is 13.9. The molecule has 0 unspecified atom stereocenters. The van der Waals surface area contributed by atoms with E-state index in [-0.39, 0.29) is 5.41 Å². The molecule has 0 radical (unpaired) electrons. The Hall–Kier alpha value is -1.97. The van der Waals surface area contributed by atoms with Gasteiger partial charge in [0.25, 0.3) is 0 Å². The van der Waals surface area contributed by atoms with E-state index in [9.17, 15) is 0 Å². The summed E-state index contributed by atoms with van der Waals surface area (Å²) in [4.78, 5) is 13.2. The molecule has 2 rings (SSSR count). The lowest BCUT2D eigenvalue weighted by Gasteiger charge is -2.18. The van der Waals surface area contributed by atoms with Gasteiger partial charge in [0, 0.05) is 37.3 Å². The molecule has 0 amide bonds. The summed E-state index contributed by atoms with van der Waals surface area (Å²) >= 11 is 0. The highest BCUT2D eigenvalue weighted by Gasteiger charge is 2.18. The number of hydrogen-bond acceptors (Lipinski definition) is 4. The Kier molecular flexibility index (Phi) is 3.79. The zero-order valence-electron chi connectivity index (χ0n) is 11.9. The molecule has 0 saturated heterocycles. The van der Waals surface area contributed by atoms with E-state index in [0.717, 1.165) is 23.8 Å². The average Bonchev–Trinajstić information content (AvgIpc) is 2.38. The Labute approximate surface area is 114 Å². The van der Waals surface area contributed by atoms with Gasteiger partial charge in [-0.3, -0.25) is 4.98 Å². The first kappa shape index (κ1) is 13.5. The van der Waals surface area contributed by atoms with Gasteiger partial charge in [-0.2, -0.15) is 0 Å². The summed E-state index contributed by atoms with van der Waals surface area (Å²) in [6.45, 7) is 6.37. The topological polar surface area (TPSA) is 50.7 Å². The van der Waals surface area contributed by atoms with E-state index in [1.807, 2.05) is 25.2 Å². The zero-order valence-corrected chi connectivity index (χ0v) is 11.9. The second-order valence-corrected chi connectivity index (χ2v) is 5.60. The molecule has 2 aromatic heterocycles. The molecule has 0 aliphatic heterocycles. The van der Waals surface area contributed by atoms with Crippen molar-refractivity contribution in [2.75, 3.05) is 12.4 Å². The van der Waals surface area contributed by atoms with Gasteiger partial charge >= 0.3 is 0 Å². The molecule has 0 aliphatic rings. The Morgan fingerprint density at radius 2 is 1.79 bits per heavy atom. The molecular weight excluding hydrogens is 236 g/mol. The van der Waals surface area contributed by atoms with Crippen LogP contribution in [0.5, 0.6) is 0 Å². The Morgan fingerprint density at radius 3 is 2.37 bits per heavy atom. The molecule has 4 nitrogen and oxygen atoms in total. The molecule has 4 heteroatoms. The molecule has 2 aromatic rings. The summed E-state index contributed by atoms with van der Waals surface area (Å²) in [5, 5.41) is 3.10. The number of anilines is 1. The highest BCUT2D eigenvalue weighted by molar-refractivity contribution is 5.37. The molecule has 1 N–H and O–H groups in total. The van der Waals surface area contributed by atoms with Crippen LogP contribution in [0.15, 0.2) is 30.6 Å². The lowest BCUT2D eigenvalue weighted by molar-refractivity contribution is 0.543. The third-order valence-electron chi connectivity index (χ3n) is 2.84. The number of nitrogens with one attached hydrogen (secondary N) is 1. The molecule has 0 saturated carbocycles. The second-order valence-electron chi connectivity index (χ2n) is 5.60. The highest BCUT2D eigenvalue weighted by atomic mass is 15.0. The van der Waals surface area contributed by atoms with Crippen LogP contribution in [0.2, 0.25) is 0 Å². The Bertz CT molecular complexity index is 544. The lowest BCUT2D eigenvalue weighted by Crippen LogP contribution is -2.18. The first-order valence-corrected chi connectivity index (χ1v) is 6.44. The Balaban J connectivity index is 2.35. The van der Waals surface area contributed by atoms with Crippen molar-refractivity contribution in [1.82, 2.24) is 15.0 Å². The molecule has 0 aliphatic carbocycles. The van der Waals surface area contributed by atoms with Crippen LogP contribution in [0.4, 0.5) is 5.82 Å². The number of hydrogen-bond donors (Lipinski definition) is 1. The molecule has 19 heavy (non-hydrogen) atoms. The minimum absolute atomic E-state index is 0.0557. The summed E-state index contributed by atoms with van der Waals surface area (Å²) < 4.78 is 0. The molecule has 0 spiro atoms. The van der Waals surface area contributed by atoms with E-state index < -0.39 is 0 Å². The van der Waals surface area contributed by atoms with Crippen LogP contribution in [-0.2, 0) is 11.8 Å². The smallest absolute Gasteiger partial charge is 0.136 e. The summed E-state index contributed by atoms with van der Waals surface area (Å²) in [5.74, 6) is 1.73. The maximum Gasteiger partial charge on any atom is 0.136 e. The molecule has 0 fully saturated rings. The van der Waals surface area contributed by atoms with Gasteiger partial charge in [-0.15, -0.1) is 0 Å². The van der Waals surface area contributed by atoms with E-state index in [1.165, 1.54) is 5.56 Å². The second kappa shape index (κ2) is 5.34. The van der Waals surface area contributed by atoms with Gasteiger partial charge in [0.05, 0.1) is 5.69 Å². The SMILES string of the molecule is CNc1cc(Cc2ccncc2)nc(C(C)(C)C)n1. The molecular formula is C15H20N4. The van der Waals surface area contributed by atoms with Gasteiger partial charge in [0.15, 0.2) is 0 Å². The first-order valence-electron chi connectivity index (χ1n) is 6.44. The van der Waals surface area contributed by atoms with Crippen LogP contribution in [0.1, 0.15) is 37.9 Å². The van der Waals surface area contributed by atoms with Gasteiger partial charge in [-0.25, -0.2) is 9.97 Å². The fourth-order valence-corrected chi connectivity index (χ4v) is 1.76. The van der Waals surface area contributed by atoms with Gasteiger partial charge < -0.3 is 5.32 Å². The van der Waals surface area contributed by atoms with E-state index in [0.29, 0.717) is 0 Å². The predicted octanol–water partition coefficient (Wildman–Crippen LogP) is 2.80. The van der Waals surface area contributed by atoms with Crippen LogP contribution in [0.25, 0.3) is 0 Å². The number of rotatable bonds is 3. The van der Waals surface area contributed by atoms with E-state index in [1.54, 1.807) is 12.4 Å². The third-order valence-corrected chi connectivity index (χ3v) is 2.84. The lowest BCUT2D eigenvalue weighted by atomic mass is 9.95. The number of aromatic nitrogens is 3. The Morgan fingerprint density at radius 1 is 1.11 bits per heavy atom. The normalized spacial score (nSPS) is 11.4. The summed E-state index contributed by atoms with van der Waals surface area (Å²) in [6, 6.07) is 6.02. The minimum Gasteiger partial charge on any atom is -0.373 e. The van der Waals surface area contributed by atoms with E-state index in [4.69, 9.17) is 0 Å². The van der Waals surface area contributed by atoms with Crippen molar-refractivity contribution in [2.45, 2.75) is 32.6 Å². The van der Waals surface area contributed by atoms with Crippen molar-refractivity contribution < 1.29 is 0 Å². The van der Waals surface area contributed by atoms with E-state index >= 15 is 0 Å². The molecule has 100 valence electrons. The molecule has 0 atom stereocenters. The van der Waals surface area contributed by atoms with Crippen molar-refractivity contribution in [3.63, 3.8) is 0 Å². The summed E-state index contributed by atoms with van der Waals surface area (Å²) in [5.41, 5.74) is 2.17. The maximum absolute atomic E-state index is 4.68. The number of pyridine rings is 1. The fourth-order valence-electron chi connectivity index (χ4n) is 1.76. The van der Waals surface area contributed by atoms with Crippen molar-refractivity contribution in [1.29, 1.82) is 0 Å². The standard InChI is InChI=1S/C15H20N4/c1-15(2,3)14-18-12(10-13(16-4)19-14)9-11-5-7-17-8-6-11/h5-8,10H,9H2,1-4H3,(H,16,18,19). The quantitative estimate of drug-likeness (QED) is 0.917. The van der Waals surface area contributed by atoms with Crippen molar-refractivity contribution in [3.8, 4) is 0 Å². The van der Waals surface area contributed by atoms with Gasteiger partial charge in [-0.05, 0) is 17.7 Å². The van der Waals surface area contributed by atoms with E-state index in [2.05, 4.69) is 41.0 Å². The third kappa shape index (κ3) is 3.50. The van der Waals surface area contributed by atoms with Gasteiger partial charge in [-0.1, -0.05) is 20.8 Å². The molecule has 2 heterocycles. The fraction of sp³-hybridized carbons (Fsp3) is 0.400. The van der Waals surface area contributed by atoms with Crippen LogP contribution in [0.3, 0.4) is 0 Å². The van der Waals surface area contributed by atoms with Crippen LogP contribution >= 0.6 is 0 Å². The summed E-state index contributed by atoms with van der Waals surface area (Å²) in [7, 11) is 1.88. The number of nitrogens with zero attached hydrogens (tertiary/aromatic N) is 3. The van der Waals surface area contributed by atoms with Crippen molar-refractivity contribution in [2.24, 2.45) is 0 Å². The van der Waals surface area contributed by atoms with Crippen LogP contribution in [0, 0.1) is 0 Å². The minimum atomic E-state index is -0.0557.